The van der Waals surface area contributed by atoms with Gasteiger partial charge in [0.15, 0.2) is 5.13 Å². The van der Waals surface area contributed by atoms with Crippen LogP contribution in [0.4, 0.5) is 5.13 Å². The summed E-state index contributed by atoms with van der Waals surface area (Å²) in [7, 11) is 1.64. The summed E-state index contributed by atoms with van der Waals surface area (Å²) in [4.78, 5) is 20.6. The highest BCUT2D eigenvalue weighted by Crippen LogP contribution is 2.33. The van der Waals surface area contributed by atoms with Gasteiger partial charge in [0.25, 0.3) is 0 Å². The van der Waals surface area contributed by atoms with Crippen LogP contribution in [0.15, 0.2) is 47.4 Å². The van der Waals surface area contributed by atoms with Crippen LogP contribution in [-0.2, 0) is 9.53 Å². The molecule has 8 heteroatoms. The number of nitrogens with zero attached hydrogens (tertiary/aromatic N) is 2. The summed E-state index contributed by atoms with van der Waals surface area (Å²) in [5.41, 5.74) is 0.862. The molecule has 0 saturated carbocycles. The van der Waals surface area contributed by atoms with Crippen LogP contribution in [0.1, 0.15) is 12.8 Å². The van der Waals surface area contributed by atoms with Crippen LogP contribution in [0.2, 0.25) is 5.02 Å². The fraction of sp³-hybridized carbons (Fsp3) is 0.333. The van der Waals surface area contributed by atoms with E-state index >= 15 is 0 Å². The van der Waals surface area contributed by atoms with Gasteiger partial charge in [-0.2, -0.15) is 0 Å². The Kier molecular flexibility index (Phi) is 6.60. The summed E-state index contributed by atoms with van der Waals surface area (Å²) in [6.07, 6.45) is 2.05. The molecule has 1 amide bonds. The van der Waals surface area contributed by atoms with Gasteiger partial charge in [0.1, 0.15) is 5.75 Å². The molecule has 1 aliphatic heterocycles. The quantitative estimate of drug-likeness (QED) is 0.461. The molecule has 5 nitrogen and oxygen atoms in total. The van der Waals surface area contributed by atoms with E-state index in [-0.39, 0.29) is 12.0 Å². The Bertz CT molecular complexity index is 987. The zero-order chi connectivity index (χ0) is 20.2. The van der Waals surface area contributed by atoms with E-state index in [1.807, 2.05) is 42.5 Å². The van der Waals surface area contributed by atoms with Gasteiger partial charge < -0.3 is 9.47 Å². The molecule has 2 heterocycles. The molecule has 0 aliphatic carbocycles. The van der Waals surface area contributed by atoms with Crippen molar-refractivity contribution >= 4 is 56.0 Å². The van der Waals surface area contributed by atoms with Crippen LogP contribution < -0.4 is 9.64 Å². The molecule has 4 rings (SSSR count). The number of hydrogen-bond acceptors (Lipinski definition) is 6. The minimum Gasteiger partial charge on any atom is -0.497 e. The highest BCUT2D eigenvalue weighted by molar-refractivity contribution is 8.00. The molecular weight excluding hydrogens is 428 g/mol. The van der Waals surface area contributed by atoms with E-state index in [0.29, 0.717) is 22.5 Å². The largest absolute Gasteiger partial charge is 0.497 e. The van der Waals surface area contributed by atoms with Crippen molar-refractivity contribution < 1.29 is 14.3 Å². The fourth-order valence-corrected chi connectivity index (χ4v) is 5.09. The molecule has 1 unspecified atom stereocenters. The van der Waals surface area contributed by atoms with E-state index in [1.54, 1.807) is 12.0 Å². The number of thiazole rings is 1. The lowest BCUT2D eigenvalue weighted by Crippen LogP contribution is -2.38. The van der Waals surface area contributed by atoms with Crippen LogP contribution in [0.5, 0.6) is 5.75 Å². The third kappa shape index (κ3) is 5.04. The lowest BCUT2D eigenvalue weighted by Gasteiger charge is -2.23. The molecule has 3 aromatic rings. The van der Waals surface area contributed by atoms with Gasteiger partial charge in [0.2, 0.25) is 5.91 Å². The number of benzene rings is 2. The summed E-state index contributed by atoms with van der Waals surface area (Å²) < 4.78 is 12.1. The number of rotatable bonds is 7. The van der Waals surface area contributed by atoms with Crippen molar-refractivity contribution in [2.75, 3.05) is 30.9 Å². The molecule has 0 bridgehead atoms. The molecule has 1 aliphatic rings. The molecule has 1 atom stereocenters. The Balaban J connectivity index is 1.55. The van der Waals surface area contributed by atoms with Crippen molar-refractivity contribution in [3.05, 3.63) is 47.5 Å². The van der Waals surface area contributed by atoms with Gasteiger partial charge in [-0.1, -0.05) is 22.9 Å². The topological polar surface area (TPSA) is 51.7 Å². The van der Waals surface area contributed by atoms with Crippen molar-refractivity contribution in [3.63, 3.8) is 0 Å². The predicted molar refractivity (Wildman–Crippen MR) is 120 cm³/mol. The third-order valence-electron chi connectivity index (χ3n) is 4.70. The zero-order valence-electron chi connectivity index (χ0n) is 16.0. The second-order valence-corrected chi connectivity index (χ2v) is 9.21. The first-order valence-corrected chi connectivity index (χ1v) is 11.6. The lowest BCUT2D eigenvalue weighted by molar-refractivity contribution is -0.116. The second-order valence-electron chi connectivity index (χ2n) is 6.71. The molecule has 1 aromatic heterocycles. The maximum atomic E-state index is 13.1. The van der Waals surface area contributed by atoms with Crippen molar-refractivity contribution in [2.45, 2.75) is 23.8 Å². The average Bonchev–Trinajstić information content (AvgIpc) is 3.40. The second kappa shape index (κ2) is 9.34. The first kappa shape index (κ1) is 20.5. The van der Waals surface area contributed by atoms with Gasteiger partial charge in [0, 0.05) is 16.5 Å². The normalized spacial score (nSPS) is 16.3. The third-order valence-corrected chi connectivity index (χ3v) is 6.99. The molecule has 0 spiro atoms. The Morgan fingerprint density at radius 1 is 1.34 bits per heavy atom. The minimum atomic E-state index is 0.0199. The summed E-state index contributed by atoms with van der Waals surface area (Å²) in [5, 5.41) is 1.39. The monoisotopic (exact) mass is 448 g/mol. The number of thioether (sulfide) groups is 1. The summed E-state index contributed by atoms with van der Waals surface area (Å²) in [6.45, 7) is 1.28. The maximum absolute atomic E-state index is 13.1. The number of hydrogen-bond donors (Lipinski definition) is 0. The number of halogens is 1. The molecule has 1 saturated heterocycles. The lowest BCUT2D eigenvalue weighted by atomic mass is 10.2. The number of anilines is 1. The average molecular weight is 449 g/mol. The summed E-state index contributed by atoms with van der Waals surface area (Å²) in [5.74, 6) is 1.13. The molecule has 1 fully saturated rings. The Hall–Kier alpha value is -1.80. The number of fused-ring (bicyclic) bond motifs is 1. The number of amides is 1. The number of methoxy groups -OCH3 is 1. The van der Waals surface area contributed by atoms with E-state index in [0.717, 1.165) is 40.3 Å². The Morgan fingerprint density at radius 2 is 2.17 bits per heavy atom. The van der Waals surface area contributed by atoms with E-state index in [9.17, 15) is 4.79 Å². The number of aromatic nitrogens is 1. The van der Waals surface area contributed by atoms with Crippen LogP contribution in [0.3, 0.4) is 0 Å². The highest BCUT2D eigenvalue weighted by Gasteiger charge is 2.26. The van der Waals surface area contributed by atoms with Crippen molar-refractivity contribution in [1.82, 2.24) is 4.98 Å². The standard InChI is InChI=1S/C21H21ClN2O3S2/c1-26-15-6-9-18-19(11-15)29-21(23-18)24(12-16-3-2-10-27-16)20(25)13-28-17-7-4-14(22)5-8-17/h4-9,11,16H,2-3,10,12-13H2,1H3. The molecule has 0 N–H and O–H groups in total. The minimum absolute atomic E-state index is 0.0199. The van der Waals surface area contributed by atoms with Crippen LogP contribution in [0, 0.1) is 0 Å². The molecule has 2 aromatic carbocycles. The van der Waals surface area contributed by atoms with E-state index < -0.39 is 0 Å². The predicted octanol–water partition coefficient (Wildman–Crippen LogP) is 5.26. The van der Waals surface area contributed by atoms with Gasteiger partial charge >= 0.3 is 0 Å². The van der Waals surface area contributed by atoms with Gasteiger partial charge in [0.05, 0.1) is 35.7 Å². The number of carbonyl (C=O) groups excluding carboxylic acids is 1. The highest BCUT2D eigenvalue weighted by atomic mass is 35.5. The van der Waals surface area contributed by atoms with Crippen molar-refractivity contribution in [1.29, 1.82) is 0 Å². The van der Waals surface area contributed by atoms with E-state index in [1.165, 1.54) is 23.1 Å². The summed E-state index contributed by atoms with van der Waals surface area (Å²) in [6, 6.07) is 13.3. The molecule has 0 radical (unpaired) electrons. The van der Waals surface area contributed by atoms with Gasteiger partial charge in [-0.3, -0.25) is 9.69 Å². The molecular formula is C21H21ClN2O3S2. The molecule has 29 heavy (non-hydrogen) atoms. The van der Waals surface area contributed by atoms with Crippen LogP contribution in [-0.4, -0.2) is 43.0 Å². The smallest absolute Gasteiger partial charge is 0.239 e. The van der Waals surface area contributed by atoms with E-state index in [2.05, 4.69) is 0 Å². The van der Waals surface area contributed by atoms with Crippen molar-refractivity contribution in [2.24, 2.45) is 0 Å². The SMILES string of the molecule is COc1ccc2nc(N(CC3CCCO3)C(=O)CSc3ccc(Cl)cc3)sc2c1. The Morgan fingerprint density at radius 3 is 2.90 bits per heavy atom. The van der Waals surface area contributed by atoms with Gasteiger partial charge in [-0.05, 0) is 55.3 Å². The first-order chi connectivity index (χ1) is 14.1. The van der Waals surface area contributed by atoms with Crippen LogP contribution in [0.25, 0.3) is 10.2 Å². The number of carbonyl (C=O) groups is 1. The first-order valence-electron chi connectivity index (χ1n) is 9.37. The maximum Gasteiger partial charge on any atom is 0.239 e. The van der Waals surface area contributed by atoms with Gasteiger partial charge in [-0.25, -0.2) is 4.98 Å². The zero-order valence-corrected chi connectivity index (χ0v) is 18.4. The number of ether oxygens (including phenoxy) is 2. The van der Waals surface area contributed by atoms with Gasteiger partial charge in [-0.15, -0.1) is 11.8 Å². The van der Waals surface area contributed by atoms with E-state index in [4.69, 9.17) is 26.1 Å². The summed E-state index contributed by atoms with van der Waals surface area (Å²) >= 11 is 8.95. The Labute approximate surface area is 183 Å². The van der Waals surface area contributed by atoms with Crippen LogP contribution >= 0.6 is 34.7 Å². The fourth-order valence-electron chi connectivity index (χ4n) is 3.17. The molecule has 152 valence electrons. The van der Waals surface area contributed by atoms with Crippen molar-refractivity contribution in [3.8, 4) is 5.75 Å².